The monoisotopic (exact) mass is 240 g/mol. The van der Waals surface area contributed by atoms with E-state index in [9.17, 15) is 9.90 Å². The third-order valence-corrected chi connectivity index (χ3v) is 2.43. The number of ether oxygens (including phenoxy) is 1. The molecule has 98 valence electrons. The van der Waals surface area contributed by atoms with E-state index in [1.54, 1.807) is 0 Å². The van der Waals surface area contributed by atoms with Crippen LogP contribution in [-0.4, -0.2) is 23.3 Å². The molecule has 0 rings (SSSR count). The molecule has 0 heterocycles. The normalized spacial score (nSPS) is 13.4. The van der Waals surface area contributed by atoms with Gasteiger partial charge in [-0.1, -0.05) is 25.5 Å². The van der Waals surface area contributed by atoms with Crippen LogP contribution in [0.2, 0.25) is 0 Å². The number of carbonyl (C=O) groups excluding carboxylic acids is 1. The van der Waals surface area contributed by atoms with E-state index in [0.717, 1.165) is 12.0 Å². The van der Waals surface area contributed by atoms with Crippen LogP contribution in [0.15, 0.2) is 24.3 Å². The van der Waals surface area contributed by atoms with Crippen LogP contribution < -0.4 is 0 Å². The van der Waals surface area contributed by atoms with Crippen LogP contribution in [0.5, 0.6) is 0 Å². The van der Waals surface area contributed by atoms with E-state index < -0.39 is 11.6 Å². The summed E-state index contributed by atoms with van der Waals surface area (Å²) in [5.74, 6) is -0.607. The fourth-order valence-electron chi connectivity index (χ4n) is 1.30. The van der Waals surface area contributed by atoms with E-state index in [2.05, 4.69) is 20.4 Å². The minimum absolute atomic E-state index is 0.0425. The van der Waals surface area contributed by atoms with E-state index in [1.165, 1.54) is 13.8 Å². The molecule has 0 aliphatic heterocycles. The zero-order valence-corrected chi connectivity index (χ0v) is 11.5. The highest BCUT2D eigenvalue weighted by Crippen LogP contribution is 2.25. The first-order valence-electron chi connectivity index (χ1n) is 5.77. The lowest BCUT2D eigenvalue weighted by Gasteiger charge is -2.20. The molecule has 0 saturated heterocycles. The van der Waals surface area contributed by atoms with Gasteiger partial charge in [-0.3, -0.25) is 0 Å². The standard InChI is InChI=1S/C14H24O3/c1-7-13(3,4)10-11(2)8-9-17-12(15)14(5,6)16/h7-8,16H,1,9-10H2,2-6H3. The predicted octanol–water partition coefficient (Wildman–Crippen LogP) is 2.85. The molecule has 3 nitrogen and oxygen atoms in total. The summed E-state index contributed by atoms with van der Waals surface area (Å²) in [6.45, 7) is 13.0. The molecule has 0 aromatic carbocycles. The van der Waals surface area contributed by atoms with Crippen LogP contribution in [0, 0.1) is 5.41 Å². The molecule has 0 atom stereocenters. The third kappa shape index (κ3) is 6.95. The molecule has 0 saturated carbocycles. The first-order chi connectivity index (χ1) is 7.58. The molecule has 0 aromatic heterocycles. The topological polar surface area (TPSA) is 46.5 Å². The summed E-state index contributed by atoms with van der Waals surface area (Å²) in [5.41, 5.74) is -0.248. The van der Waals surface area contributed by atoms with E-state index >= 15 is 0 Å². The average Bonchev–Trinajstić information content (AvgIpc) is 2.15. The predicted molar refractivity (Wildman–Crippen MR) is 69.6 cm³/mol. The van der Waals surface area contributed by atoms with Crippen LogP contribution in [0.1, 0.15) is 41.0 Å². The molecule has 0 amide bonds. The Labute approximate surface area is 104 Å². The molecule has 0 bridgehead atoms. The largest absolute Gasteiger partial charge is 0.459 e. The quantitative estimate of drug-likeness (QED) is 0.573. The molecule has 0 aliphatic carbocycles. The number of hydrogen-bond donors (Lipinski definition) is 1. The minimum atomic E-state index is -1.43. The second kappa shape index (κ2) is 6.01. The Hall–Kier alpha value is -1.09. The zero-order chi connectivity index (χ0) is 13.7. The van der Waals surface area contributed by atoms with Gasteiger partial charge in [0, 0.05) is 0 Å². The molecule has 0 aromatic rings. The SMILES string of the molecule is C=CC(C)(C)CC(C)=CCOC(=O)C(C)(C)O. The Morgan fingerprint density at radius 3 is 2.29 bits per heavy atom. The highest BCUT2D eigenvalue weighted by atomic mass is 16.5. The fraction of sp³-hybridized carbons (Fsp3) is 0.643. The van der Waals surface area contributed by atoms with Crippen molar-refractivity contribution in [1.29, 1.82) is 0 Å². The Bertz CT molecular complexity index is 306. The van der Waals surface area contributed by atoms with E-state index in [0.29, 0.717) is 0 Å². The van der Waals surface area contributed by atoms with Crippen molar-refractivity contribution in [3.05, 3.63) is 24.3 Å². The van der Waals surface area contributed by atoms with E-state index in [4.69, 9.17) is 4.74 Å². The maximum Gasteiger partial charge on any atom is 0.337 e. The average molecular weight is 240 g/mol. The highest BCUT2D eigenvalue weighted by molar-refractivity contribution is 5.78. The Morgan fingerprint density at radius 2 is 1.88 bits per heavy atom. The van der Waals surface area contributed by atoms with Crippen molar-refractivity contribution in [2.45, 2.75) is 46.6 Å². The van der Waals surface area contributed by atoms with Gasteiger partial charge >= 0.3 is 5.97 Å². The maximum absolute atomic E-state index is 11.3. The number of hydrogen-bond acceptors (Lipinski definition) is 3. The molecule has 0 unspecified atom stereocenters. The first-order valence-corrected chi connectivity index (χ1v) is 5.77. The molecule has 3 heteroatoms. The minimum Gasteiger partial charge on any atom is -0.459 e. The van der Waals surface area contributed by atoms with Crippen molar-refractivity contribution in [3.63, 3.8) is 0 Å². The lowest BCUT2D eigenvalue weighted by atomic mass is 9.86. The fourth-order valence-corrected chi connectivity index (χ4v) is 1.30. The molecule has 0 fully saturated rings. The Morgan fingerprint density at radius 1 is 1.35 bits per heavy atom. The molecule has 1 N–H and O–H groups in total. The summed E-state index contributed by atoms with van der Waals surface area (Å²) < 4.78 is 4.93. The Balaban J connectivity index is 4.19. The van der Waals surface area contributed by atoms with Crippen molar-refractivity contribution in [3.8, 4) is 0 Å². The van der Waals surface area contributed by atoms with E-state index in [-0.39, 0.29) is 12.0 Å². The van der Waals surface area contributed by atoms with Crippen molar-refractivity contribution in [2.24, 2.45) is 5.41 Å². The van der Waals surface area contributed by atoms with Crippen molar-refractivity contribution < 1.29 is 14.6 Å². The summed E-state index contributed by atoms with van der Waals surface area (Å²) >= 11 is 0. The van der Waals surface area contributed by atoms with Crippen LogP contribution in [0.25, 0.3) is 0 Å². The van der Waals surface area contributed by atoms with Gasteiger partial charge in [0.2, 0.25) is 0 Å². The molecule has 0 spiro atoms. The highest BCUT2D eigenvalue weighted by Gasteiger charge is 2.25. The molecule has 0 aliphatic rings. The van der Waals surface area contributed by atoms with Gasteiger partial charge in [-0.2, -0.15) is 0 Å². The second-order valence-electron chi connectivity index (χ2n) is 5.58. The summed E-state index contributed by atoms with van der Waals surface area (Å²) in [6.07, 6.45) is 4.64. The molecular formula is C14H24O3. The van der Waals surface area contributed by atoms with Crippen molar-refractivity contribution in [1.82, 2.24) is 0 Å². The molecule has 17 heavy (non-hydrogen) atoms. The third-order valence-electron chi connectivity index (χ3n) is 2.43. The Kier molecular flexibility index (Phi) is 5.62. The van der Waals surface area contributed by atoms with Crippen LogP contribution in [-0.2, 0) is 9.53 Å². The van der Waals surface area contributed by atoms with Gasteiger partial charge in [0.1, 0.15) is 6.61 Å². The number of rotatable bonds is 6. The first kappa shape index (κ1) is 15.9. The summed E-state index contributed by atoms with van der Waals surface area (Å²) in [7, 11) is 0. The molecule has 0 radical (unpaired) electrons. The van der Waals surface area contributed by atoms with Crippen LogP contribution in [0.3, 0.4) is 0 Å². The van der Waals surface area contributed by atoms with Crippen LogP contribution in [0.4, 0.5) is 0 Å². The van der Waals surface area contributed by atoms with Crippen molar-refractivity contribution in [2.75, 3.05) is 6.61 Å². The number of carbonyl (C=O) groups is 1. The lowest BCUT2D eigenvalue weighted by Crippen LogP contribution is -2.33. The lowest BCUT2D eigenvalue weighted by molar-refractivity contribution is -0.160. The van der Waals surface area contributed by atoms with Gasteiger partial charge in [-0.15, -0.1) is 6.58 Å². The summed E-state index contributed by atoms with van der Waals surface area (Å²) in [4.78, 5) is 11.3. The summed E-state index contributed by atoms with van der Waals surface area (Å²) in [6, 6.07) is 0. The molecular weight excluding hydrogens is 216 g/mol. The van der Waals surface area contributed by atoms with Gasteiger partial charge in [0.25, 0.3) is 0 Å². The maximum atomic E-state index is 11.3. The van der Waals surface area contributed by atoms with E-state index in [1.807, 2.05) is 19.1 Å². The van der Waals surface area contributed by atoms with Gasteiger partial charge < -0.3 is 9.84 Å². The van der Waals surface area contributed by atoms with Gasteiger partial charge in [-0.05, 0) is 38.7 Å². The second-order valence-corrected chi connectivity index (χ2v) is 5.58. The summed E-state index contributed by atoms with van der Waals surface area (Å²) in [5, 5.41) is 9.37. The zero-order valence-electron chi connectivity index (χ0n) is 11.5. The van der Waals surface area contributed by atoms with Crippen molar-refractivity contribution >= 4 is 5.97 Å². The van der Waals surface area contributed by atoms with Gasteiger partial charge in [0.15, 0.2) is 5.60 Å². The van der Waals surface area contributed by atoms with Crippen LogP contribution >= 0.6 is 0 Å². The number of aliphatic hydroxyl groups is 1. The smallest absolute Gasteiger partial charge is 0.337 e. The number of esters is 1. The van der Waals surface area contributed by atoms with Gasteiger partial charge in [-0.25, -0.2) is 4.79 Å². The van der Waals surface area contributed by atoms with Gasteiger partial charge in [0.05, 0.1) is 0 Å². The number of allylic oxidation sites excluding steroid dienone is 2.